The van der Waals surface area contributed by atoms with Crippen LogP contribution < -0.4 is 16.0 Å². The number of phenolic OH excluding ortho intramolecular Hbond substituents is 1. The number of benzene rings is 1. The quantitative estimate of drug-likeness (QED) is 0.197. The predicted molar refractivity (Wildman–Crippen MR) is 158 cm³/mol. The van der Waals surface area contributed by atoms with Crippen molar-refractivity contribution in [2.24, 2.45) is 0 Å². The fourth-order valence-corrected chi connectivity index (χ4v) is 4.05. The molecule has 2 atom stereocenters. The fourth-order valence-electron chi connectivity index (χ4n) is 4.05. The van der Waals surface area contributed by atoms with Crippen molar-refractivity contribution < 1.29 is 34.1 Å². The first-order valence-corrected chi connectivity index (χ1v) is 13.8. The second kappa shape index (κ2) is 14.8. The van der Waals surface area contributed by atoms with Gasteiger partial charge in [0.1, 0.15) is 23.4 Å². The summed E-state index contributed by atoms with van der Waals surface area (Å²) in [4.78, 5) is 58.8. The van der Waals surface area contributed by atoms with Gasteiger partial charge in [-0.3, -0.25) is 19.6 Å². The van der Waals surface area contributed by atoms with Gasteiger partial charge < -0.3 is 30.9 Å². The van der Waals surface area contributed by atoms with Gasteiger partial charge in [0.15, 0.2) is 0 Å². The standard InChI is InChI=1S/C31H37N5O7/c1-19-11-14-32-24(16-19)25-18-21(12-15-33-25)27(38)34-13-5-6-23(29(40)41)35-28(39)26(36-30(42)43-31(2,3)4)17-20-7-9-22(37)10-8-20/h7-12,14-16,18,23,26,37H,5-6,13,17H2,1-4H3,(H,34,38)(H,35,39)(H,36,42)(H,40,41)/t23-,26-/m0/s1. The van der Waals surface area contributed by atoms with Crippen LogP contribution in [0.2, 0.25) is 0 Å². The van der Waals surface area contributed by atoms with E-state index in [9.17, 15) is 29.4 Å². The molecule has 0 saturated heterocycles. The van der Waals surface area contributed by atoms with Gasteiger partial charge in [0, 0.05) is 30.9 Å². The van der Waals surface area contributed by atoms with Crippen LogP contribution in [0.1, 0.15) is 55.1 Å². The minimum absolute atomic E-state index is 0.0223. The molecule has 3 amide bonds. The number of phenols is 1. The Hall–Kier alpha value is -5.00. The number of carbonyl (C=O) groups excluding carboxylic acids is 3. The molecule has 0 bridgehead atoms. The summed E-state index contributed by atoms with van der Waals surface area (Å²) < 4.78 is 5.27. The molecule has 228 valence electrons. The summed E-state index contributed by atoms with van der Waals surface area (Å²) in [5.41, 5.74) is 2.38. The number of nitrogens with one attached hydrogen (secondary N) is 3. The van der Waals surface area contributed by atoms with Gasteiger partial charge in [-0.05, 0) is 88.1 Å². The number of aliphatic carboxylic acids is 1. The Bertz CT molecular complexity index is 1440. The number of alkyl carbamates (subject to hydrolysis) is 1. The lowest BCUT2D eigenvalue weighted by Crippen LogP contribution is -2.53. The number of pyridine rings is 2. The first kappa shape index (κ1) is 32.5. The molecule has 1 aromatic carbocycles. The molecule has 0 fully saturated rings. The molecule has 12 heteroatoms. The number of aromatic nitrogens is 2. The summed E-state index contributed by atoms with van der Waals surface area (Å²) in [6.45, 7) is 7.12. The van der Waals surface area contributed by atoms with Gasteiger partial charge in [0.2, 0.25) is 5.91 Å². The molecule has 0 saturated carbocycles. The molecule has 2 heterocycles. The Morgan fingerprint density at radius 3 is 2.19 bits per heavy atom. The van der Waals surface area contributed by atoms with Crippen LogP contribution in [0.25, 0.3) is 11.4 Å². The molecule has 0 aliphatic heterocycles. The largest absolute Gasteiger partial charge is 0.508 e. The van der Waals surface area contributed by atoms with Gasteiger partial charge in [0.05, 0.1) is 11.4 Å². The topological polar surface area (TPSA) is 180 Å². The molecule has 0 unspecified atom stereocenters. The van der Waals surface area contributed by atoms with Gasteiger partial charge in [0.25, 0.3) is 5.91 Å². The van der Waals surface area contributed by atoms with E-state index in [1.54, 1.807) is 51.2 Å². The van der Waals surface area contributed by atoms with Gasteiger partial charge in [-0.1, -0.05) is 12.1 Å². The van der Waals surface area contributed by atoms with Crippen LogP contribution in [-0.4, -0.2) is 68.3 Å². The Morgan fingerprint density at radius 1 is 0.907 bits per heavy atom. The average molecular weight is 592 g/mol. The molecular weight excluding hydrogens is 554 g/mol. The van der Waals surface area contributed by atoms with E-state index >= 15 is 0 Å². The first-order chi connectivity index (χ1) is 20.3. The molecule has 0 aliphatic carbocycles. The van der Waals surface area contributed by atoms with E-state index in [0.717, 1.165) is 5.56 Å². The number of carboxylic acid groups (broad SMARTS) is 1. The lowest BCUT2D eigenvalue weighted by Gasteiger charge is -2.24. The zero-order valence-electron chi connectivity index (χ0n) is 24.6. The van der Waals surface area contributed by atoms with E-state index in [1.807, 2.05) is 19.1 Å². The lowest BCUT2D eigenvalue weighted by molar-refractivity contribution is -0.142. The molecule has 3 rings (SSSR count). The highest BCUT2D eigenvalue weighted by Crippen LogP contribution is 2.17. The van der Waals surface area contributed by atoms with Crippen molar-refractivity contribution in [2.45, 2.75) is 64.6 Å². The Labute approximate surface area is 249 Å². The normalized spacial score (nSPS) is 12.5. The second-order valence-corrected chi connectivity index (χ2v) is 11.0. The van der Waals surface area contributed by atoms with Crippen LogP contribution in [0.5, 0.6) is 5.75 Å². The highest BCUT2D eigenvalue weighted by atomic mass is 16.6. The maximum absolute atomic E-state index is 13.2. The SMILES string of the molecule is Cc1ccnc(-c2cc(C(=O)NCCC[C@H](NC(=O)[C@H](Cc3ccc(O)cc3)NC(=O)OC(C)(C)C)C(=O)O)ccn2)c1. The zero-order chi connectivity index (χ0) is 31.6. The summed E-state index contributed by atoms with van der Waals surface area (Å²) in [7, 11) is 0. The minimum atomic E-state index is -1.27. The second-order valence-electron chi connectivity index (χ2n) is 11.0. The van der Waals surface area contributed by atoms with E-state index < -0.39 is 35.7 Å². The van der Waals surface area contributed by atoms with Crippen LogP contribution >= 0.6 is 0 Å². The van der Waals surface area contributed by atoms with Crippen molar-refractivity contribution in [3.05, 3.63) is 77.6 Å². The molecular formula is C31H37N5O7. The average Bonchev–Trinajstić information content (AvgIpc) is 2.94. The van der Waals surface area contributed by atoms with Crippen molar-refractivity contribution in [3.63, 3.8) is 0 Å². The van der Waals surface area contributed by atoms with E-state index in [1.165, 1.54) is 18.3 Å². The lowest BCUT2D eigenvalue weighted by atomic mass is 10.0. The number of aromatic hydroxyl groups is 1. The summed E-state index contributed by atoms with van der Waals surface area (Å²) >= 11 is 0. The summed E-state index contributed by atoms with van der Waals surface area (Å²) in [6, 6.07) is 10.6. The molecule has 43 heavy (non-hydrogen) atoms. The number of hydrogen-bond donors (Lipinski definition) is 5. The highest BCUT2D eigenvalue weighted by Gasteiger charge is 2.28. The summed E-state index contributed by atoms with van der Waals surface area (Å²) in [6.07, 6.45) is 2.65. The summed E-state index contributed by atoms with van der Waals surface area (Å²) in [5, 5.41) is 27.0. The monoisotopic (exact) mass is 591 g/mol. The van der Waals surface area contributed by atoms with Crippen LogP contribution in [0.15, 0.2) is 60.9 Å². The fraction of sp³-hybridized carbons (Fsp3) is 0.355. The van der Waals surface area contributed by atoms with Crippen molar-refractivity contribution in [1.29, 1.82) is 0 Å². The molecule has 2 aromatic heterocycles. The van der Waals surface area contributed by atoms with Crippen molar-refractivity contribution in [3.8, 4) is 17.1 Å². The van der Waals surface area contributed by atoms with Crippen LogP contribution in [0, 0.1) is 6.92 Å². The zero-order valence-corrected chi connectivity index (χ0v) is 24.6. The number of carbonyl (C=O) groups is 4. The number of nitrogens with zero attached hydrogens (tertiary/aromatic N) is 2. The third-order valence-corrected chi connectivity index (χ3v) is 6.15. The number of amides is 3. The highest BCUT2D eigenvalue weighted by molar-refractivity contribution is 5.95. The van der Waals surface area contributed by atoms with E-state index in [0.29, 0.717) is 22.5 Å². The van der Waals surface area contributed by atoms with Crippen LogP contribution in [-0.2, 0) is 20.7 Å². The number of hydrogen-bond acceptors (Lipinski definition) is 8. The van der Waals surface area contributed by atoms with Crippen molar-refractivity contribution >= 4 is 23.9 Å². The number of ether oxygens (including phenoxy) is 1. The molecule has 0 spiro atoms. The van der Waals surface area contributed by atoms with Gasteiger partial charge in [-0.25, -0.2) is 9.59 Å². The van der Waals surface area contributed by atoms with Crippen molar-refractivity contribution in [1.82, 2.24) is 25.9 Å². The number of rotatable bonds is 12. The summed E-state index contributed by atoms with van der Waals surface area (Å²) in [5.74, 6) is -2.30. The minimum Gasteiger partial charge on any atom is -0.508 e. The molecule has 3 aromatic rings. The predicted octanol–water partition coefficient (Wildman–Crippen LogP) is 3.37. The van der Waals surface area contributed by atoms with Gasteiger partial charge in [-0.2, -0.15) is 0 Å². The Kier molecular flexibility index (Phi) is 11.2. The Balaban J connectivity index is 1.59. The van der Waals surface area contributed by atoms with Gasteiger partial charge in [-0.15, -0.1) is 0 Å². The van der Waals surface area contributed by atoms with E-state index in [2.05, 4.69) is 25.9 Å². The molecule has 5 N–H and O–H groups in total. The number of aryl methyl sites for hydroxylation is 1. The maximum Gasteiger partial charge on any atom is 0.408 e. The van der Waals surface area contributed by atoms with Crippen molar-refractivity contribution in [2.75, 3.05) is 6.54 Å². The third-order valence-electron chi connectivity index (χ3n) is 6.15. The smallest absolute Gasteiger partial charge is 0.408 e. The van der Waals surface area contributed by atoms with E-state index in [4.69, 9.17) is 4.74 Å². The number of carboxylic acids is 1. The van der Waals surface area contributed by atoms with Crippen LogP contribution in [0.4, 0.5) is 4.79 Å². The van der Waals surface area contributed by atoms with E-state index in [-0.39, 0.29) is 37.5 Å². The Morgan fingerprint density at radius 2 is 1.56 bits per heavy atom. The first-order valence-electron chi connectivity index (χ1n) is 13.8. The third kappa shape index (κ3) is 10.7. The van der Waals surface area contributed by atoms with Crippen LogP contribution in [0.3, 0.4) is 0 Å². The molecule has 0 aliphatic rings. The molecule has 12 nitrogen and oxygen atoms in total. The van der Waals surface area contributed by atoms with Gasteiger partial charge >= 0.3 is 12.1 Å². The molecule has 0 radical (unpaired) electrons. The maximum atomic E-state index is 13.2.